The molecule has 1 aliphatic rings. The van der Waals surface area contributed by atoms with Gasteiger partial charge < -0.3 is 15.4 Å². The molecule has 12 heteroatoms. The highest BCUT2D eigenvalue weighted by Crippen LogP contribution is 2.29. The summed E-state index contributed by atoms with van der Waals surface area (Å²) in [6.07, 6.45) is 11.5. The van der Waals surface area contributed by atoms with Gasteiger partial charge in [-0.15, -0.1) is 0 Å². The van der Waals surface area contributed by atoms with E-state index in [4.69, 9.17) is 16.3 Å². The molecule has 3 rings (SSSR count). The quantitative estimate of drug-likeness (QED) is 0.336. The molecule has 1 aromatic carbocycles. The van der Waals surface area contributed by atoms with Crippen LogP contribution in [0.5, 0.6) is 0 Å². The van der Waals surface area contributed by atoms with Crippen molar-refractivity contribution in [3.8, 4) is 0 Å². The van der Waals surface area contributed by atoms with Gasteiger partial charge >= 0.3 is 0 Å². The molecule has 0 amide bonds. The van der Waals surface area contributed by atoms with Crippen LogP contribution in [-0.4, -0.2) is 46.0 Å². The Morgan fingerprint density at radius 2 is 1.83 bits per heavy atom. The molecule has 0 saturated carbocycles. The van der Waals surface area contributed by atoms with Crippen LogP contribution in [0.4, 0.5) is 25.8 Å². The number of benzene rings is 1. The molecule has 1 saturated heterocycles. The topological polar surface area (TPSA) is 127 Å². The summed E-state index contributed by atoms with van der Waals surface area (Å²) < 4.78 is 60.7. The Morgan fingerprint density at radius 1 is 1.17 bits per heavy atom. The Labute approximate surface area is 211 Å². The van der Waals surface area contributed by atoms with Gasteiger partial charge in [0, 0.05) is 38.2 Å². The number of ether oxygens (including phenoxy) is 1. The van der Waals surface area contributed by atoms with Crippen LogP contribution < -0.4 is 26.2 Å². The molecular formula is C24H34F2N6O3S. The molecule has 0 bridgehead atoms. The van der Waals surface area contributed by atoms with E-state index in [9.17, 15) is 12.8 Å². The molecule has 0 aliphatic carbocycles. The highest BCUT2D eigenvalue weighted by molar-refractivity contribution is 7.92. The van der Waals surface area contributed by atoms with Gasteiger partial charge in [-0.25, -0.2) is 23.0 Å². The molecule has 36 heavy (non-hydrogen) atoms. The summed E-state index contributed by atoms with van der Waals surface area (Å²) in [6.45, 7) is 1.75. The third-order valence-electron chi connectivity index (χ3n) is 5.95. The first-order valence-corrected chi connectivity index (χ1v) is 13.6. The first kappa shape index (κ1) is 27.6. The largest absolute Gasteiger partial charge is 0.397 e. The van der Waals surface area contributed by atoms with Crippen LogP contribution in [0.2, 0.25) is 0 Å². The standard InChI is InChI=1S/C24H34F2N6O3S/c1-35-12-13-36(33,34)30-22-9-8-20(25)24(23(22)26)32(28)17-21(27)18-14-19(16-29-15-18)31-10-6-4-2-3-5-7-11-31/h8-9,14-17,30H,2-7,10-13,27-28H2,1H3/b21-17-. The van der Waals surface area contributed by atoms with Gasteiger partial charge in [-0.05, 0) is 31.0 Å². The number of sulfonamides is 1. The van der Waals surface area contributed by atoms with E-state index in [1.165, 1.54) is 39.0 Å². The predicted octanol–water partition coefficient (Wildman–Crippen LogP) is 3.55. The molecule has 1 aromatic heterocycles. The van der Waals surface area contributed by atoms with Crippen molar-refractivity contribution in [1.82, 2.24) is 4.98 Å². The highest BCUT2D eigenvalue weighted by Gasteiger charge is 2.21. The number of methoxy groups -OCH3 is 1. The maximum atomic E-state index is 15.1. The number of halogens is 2. The fraction of sp³-hybridized carbons (Fsp3) is 0.458. The van der Waals surface area contributed by atoms with Crippen LogP contribution in [0.25, 0.3) is 5.70 Å². The third kappa shape index (κ3) is 7.52. The fourth-order valence-corrected chi connectivity index (χ4v) is 4.98. The van der Waals surface area contributed by atoms with Crippen molar-refractivity contribution >= 4 is 32.8 Å². The van der Waals surface area contributed by atoms with Crippen LogP contribution in [0.15, 0.2) is 36.8 Å². The number of hydrogen-bond acceptors (Lipinski definition) is 8. The molecule has 9 nitrogen and oxygen atoms in total. The number of pyridine rings is 1. The zero-order valence-electron chi connectivity index (χ0n) is 20.4. The number of nitrogens with two attached hydrogens (primary N) is 2. The Morgan fingerprint density at radius 3 is 2.50 bits per heavy atom. The van der Waals surface area contributed by atoms with Crippen LogP contribution in [0.1, 0.15) is 44.1 Å². The molecule has 0 atom stereocenters. The fourth-order valence-electron chi connectivity index (χ4n) is 4.00. The lowest BCUT2D eigenvalue weighted by atomic mass is 10.1. The van der Waals surface area contributed by atoms with E-state index in [2.05, 4.69) is 14.6 Å². The van der Waals surface area contributed by atoms with E-state index >= 15 is 4.39 Å². The van der Waals surface area contributed by atoms with E-state index in [0.29, 0.717) is 10.6 Å². The van der Waals surface area contributed by atoms with Gasteiger partial charge in [-0.2, -0.15) is 0 Å². The SMILES string of the molecule is COCCS(=O)(=O)Nc1ccc(F)c(N(N)/C=C(\N)c2cncc(N3CCCCCCCC3)c2)c1F. The van der Waals surface area contributed by atoms with Gasteiger partial charge in [-0.3, -0.25) is 14.7 Å². The summed E-state index contributed by atoms with van der Waals surface area (Å²) in [6, 6.07) is 3.78. The summed E-state index contributed by atoms with van der Waals surface area (Å²) >= 11 is 0. The number of aromatic nitrogens is 1. The van der Waals surface area contributed by atoms with Gasteiger partial charge in [0.05, 0.1) is 35.6 Å². The minimum absolute atomic E-state index is 0.0855. The van der Waals surface area contributed by atoms with E-state index in [1.54, 1.807) is 12.4 Å². The van der Waals surface area contributed by atoms with Crippen LogP contribution in [0.3, 0.4) is 0 Å². The van der Waals surface area contributed by atoms with Crippen LogP contribution in [0, 0.1) is 11.6 Å². The Hall–Kier alpha value is -2.96. The summed E-state index contributed by atoms with van der Waals surface area (Å²) in [4.78, 5) is 6.57. The molecule has 0 radical (unpaired) electrons. The molecule has 1 fully saturated rings. The number of nitrogens with one attached hydrogen (secondary N) is 1. The lowest BCUT2D eigenvalue weighted by Crippen LogP contribution is -2.29. The van der Waals surface area contributed by atoms with Crippen molar-refractivity contribution in [3.05, 3.63) is 54.0 Å². The van der Waals surface area contributed by atoms with Crippen molar-refractivity contribution in [2.45, 2.75) is 38.5 Å². The van der Waals surface area contributed by atoms with Gasteiger partial charge in [0.2, 0.25) is 10.0 Å². The van der Waals surface area contributed by atoms with Gasteiger partial charge in [0.1, 0.15) is 5.69 Å². The van der Waals surface area contributed by atoms with Crippen molar-refractivity contribution in [3.63, 3.8) is 0 Å². The third-order valence-corrected chi connectivity index (χ3v) is 7.19. The van der Waals surface area contributed by atoms with Crippen molar-refractivity contribution < 1.29 is 21.9 Å². The Bertz CT molecular complexity index is 1150. The number of hydrogen-bond donors (Lipinski definition) is 3. The van der Waals surface area contributed by atoms with E-state index in [-0.39, 0.29) is 12.3 Å². The normalized spacial score (nSPS) is 15.7. The monoisotopic (exact) mass is 524 g/mol. The van der Waals surface area contributed by atoms with E-state index in [1.807, 2.05) is 6.07 Å². The molecule has 2 aromatic rings. The van der Waals surface area contributed by atoms with Crippen molar-refractivity contribution in [2.75, 3.05) is 47.2 Å². The first-order valence-electron chi connectivity index (χ1n) is 11.9. The van der Waals surface area contributed by atoms with Crippen molar-refractivity contribution in [2.24, 2.45) is 11.6 Å². The van der Waals surface area contributed by atoms with Crippen molar-refractivity contribution in [1.29, 1.82) is 0 Å². The number of anilines is 3. The van der Waals surface area contributed by atoms with Gasteiger partial charge in [0.15, 0.2) is 11.6 Å². The summed E-state index contributed by atoms with van der Waals surface area (Å²) in [5.41, 5.74) is 6.71. The molecule has 5 N–H and O–H groups in total. The average Bonchev–Trinajstić information content (AvgIpc) is 2.99. The maximum absolute atomic E-state index is 15.1. The summed E-state index contributed by atoms with van der Waals surface area (Å²) in [5, 5.41) is 0.694. The second-order valence-electron chi connectivity index (χ2n) is 8.70. The second-order valence-corrected chi connectivity index (χ2v) is 10.5. The maximum Gasteiger partial charge on any atom is 0.235 e. The van der Waals surface area contributed by atoms with E-state index < -0.39 is 38.8 Å². The summed E-state index contributed by atoms with van der Waals surface area (Å²) in [7, 11) is -2.57. The number of nitrogens with zero attached hydrogens (tertiary/aromatic N) is 3. The smallest absolute Gasteiger partial charge is 0.235 e. The van der Waals surface area contributed by atoms with Crippen LogP contribution >= 0.6 is 0 Å². The Balaban J connectivity index is 1.83. The molecule has 0 spiro atoms. The van der Waals surface area contributed by atoms with Gasteiger partial charge in [0.25, 0.3) is 0 Å². The average molecular weight is 525 g/mol. The number of hydrazine groups is 1. The minimum Gasteiger partial charge on any atom is -0.397 e. The summed E-state index contributed by atoms with van der Waals surface area (Å²) in [5.74, 6) is 3.40. The van der Waals surface area contributed by atoms with E-state index in [0.717, 1.165) is 43.8 Å². The first-order chi connectivity index (χ1) is 17.2. The molecule has 2 heterocycles. The number of rotatable bonds is 9. The lowest BCUT2D eigenvalue weighted by Gasteiger charge is -2.24. The lowest BCUT2D eigenvalue weighted by molar-refractivity contribution is 0.217. The second kappa shape index (κ2) is 12.8. The predicted molar refractivity (Wildman–Crippen MR) is 139 cm³/mol. The molecular weight excluding hydrogens is 490 g/mol. The molecule has 1 aliphatic heterocycles. The molecule has 198 valence electrons. The zero-order chi connectivity index (χ0) is 26.1. The highest BCUT2D eigenvalue weighted by atomic mass is 32.2. The minimum atomic E-state index is -3.91. The van der Waals surface area contributed by atoms with Gasteiger partial charge in [-0.1, -0.05) is 25.7 Å². The molecule has 0 unspecified atom stereocenters. The van der Waals surface area contributed by atoms with Crippen LogP contribution in [-0.2, 0) is 14.8 Å². The zero-order valence-corrected chi connectivity index (χ0v) is 21.2. The Kier molecular flexibility index (Phi) is 9.85.